The van der Waals surface area contributed by atoms with Crippen LogP contribution in [0.4, 0.5) is 5.69 Å². The lowest BCUT2D eigenvalue weighted by Gasteiger charge is -2.31. The lowest BCUT2D eigenvalue weighted by atomic mass is 10.0. The molecule has 1 saturated heterocycles. The van der Waals surface area contributed by atoms with Gasteiger partial charge in [-0.05, 0) is 66.8 Å². The number of hydrogen-bond acceptors (Lipinski definition) is 7. The number of carbonyl (C=O) groups is 1. The monoisotopic (exact) mass is 463 g/mol. The summed E-state index contributed by atoms with van der Waals surface area (Å²) in [5.41, 5.74) is 1.84. The van der Waals surface area contributed by atoms with Crippen LogP contribution < -0.4 is 10.2 Å². The quantitative estimate of drug-likeness (QED) is 0.396. The molecule has 0 aromatic heterocycles. The summed E-state index contributed by atoms with van der Waals surface area (Å²) < 4.78 is 5.43. The predicted octanol–water partition coefficient (Wildman–Crippen LogP) is 3.33. The van der Waals surface area contributed by atoms with Gasteiger partial charge in [0.2, 0.25) is 0 Å². The number of carbonyl (C=O) groups excluding carboxylic acids is 1. The minimum Gasteiger partial charge on any atom is -0.506 e. The van der Waals surface area contributed by atoms with Gasteiger partial charge in [0.1, 0.15) is 30.0 Å². The molecule has 2 aromatic carbocycles. The van der Waals surface area contributed by atoms with Crippen molar-refractivity contribution in [2.45, 2.75) is 44.5 Å². The Morgan fingerprint density at radius 3 is 2.59 bits per heavy atom. The molecular formula is C26H29N3O5. The first kappa shape index (κ1) is 23.6. The van der Waals surface area contributed by atoms with Crippen LogP contribution in [-0.2, 0) is 9.53 Å². The van der Waals surface area contributed by atoms with E-state index in [4.69, 9.17) is 4.74 Å². The Labute approximate surface area is 198 Å². The molecule has 2 aliphatic rings. The van der Waals surface area contributed by atoms with E-state index in [1.165, 1.54) is 37.9 Å². The van der Waals surface area contributed by atoms with Crippen molar-refractivity contribution in [2.75, 3.05) is 24.5 Å². The topological polar surface area (TPSA) is 126 Å². The van der Waals surface area contributed by atoms with E-state index in [1.54, 1.807) is 0 Å². The number of rotatable bonds is 5. The van der Waals surface area contributed by atoms with Crippen LogP contribution in [0.3, 0.4) is 0 Å². The number of anilines is 1. The van der Waals surface area contributed by atoms with E-state index in [0.717, 1.165) is 29.4 Å². The molecule has 0 aliphatic carbocycles. The molecule has 0 saturated carbocycles. The van der Waals surface area contributed by atoms with E-state index < -0.39 is 35.7 Å². The van der Waals surface area contributed by atoms with Crippen molar-refractivity contribution in [2.24, 2.45) is 0 Å². The van der Waals surface area contributed by atoms with Crippen LogP contribution in [0.15, 0.2) is 53.5 Å². The summed E-state index contributed by atoms with van der Waals surface area (Å²) in [6.07, 6.45) is 1.98. The van der Waals surface area contributed by atoms with Crippen molar-refractivity contribution in [3.63, 3.8) is 0 Å². The largest absolute Gasteiger partial charge is 0.506 e. The highest BCUT2D eigenvalue weighted by atomic mass is 16.5. The molecule has 8 nitrogen and oxygen atoms in total. The summed E-state index contributed by atoms with van der Waals surface area (Å²) in [4.78, 5) is 15.0. The van der Waals surface area contributed by atoms with Crippen LogP contribution in [0.5, 0.6) is 0 Å². The Balaban J connectivity index is 1.45. The second kappa shape index (κ2) is 10.2. The molecule has 1 fully saturated rings. The molecule has 4 rings (SSSR count). The first-order valence-electron chi connectivity index (χ1n) is 11.5. The fourth-order valence-electron chi connectivity index (χ4n) is 4.39. The van der Waals surface area contributed by atoms with Gasteiger partial charge in [-0.15, -0.1) is 0 Å². The number of benzene rings is 2. The minimum absolute atomic E-state index is 0.0924. The second-order valence-electron chi connectivity index (χ2n) is 8.75. The molecule has 1 amide bonds. The number of aliphatic hydroxyl groups is 3. The fraction of sp³-hybridized carbons (Fsp3) is 0.385. The van der Waals surface area contributed by atoms with Crippen LogP contribution in [0.2, 0.25) is 0 Å². The molecule has 0 spiro atoms. The van der Waals surface area contributed by atoms with Crippen LogP contribution in [-0.4, -0.2) is 59.2 Å². The highest BCUT2D eigenvalue weighted by Gasteiger charge is 2.35. The molecule has 1 unspecified atom stereocenters. The molecule has 2 aliphatic heterocycles. The third-order valence-electron chi connectivity index (χ3n) is 6.37. The average Bonchev–Trinajstić information content (AvgIpc) is 2.87. The first-order valence-corrected chi connectivity index (χ1v) is 11.5. The van der Waals surface area contributed by atoms with Gasteiger partial charge in [-0.25, -0.2) is 0 Å². The van der Waals surface area contributed by atoms with Crippen LogP contribution >= 0.6 is 0 Å². The van der Waals surface area contributed by atoms with Gasteiger partial charge in [0.05, 0.1) is 0 Å². The van der Waals surface area contributed by atoms with Gasteiger partial charge >= 0.3 is 0 Å². The minimum atomic E-state index is -1.47. The highest BCUT2D eigenvalue weighted by molar-refractivity contribution is 6.02. The van der Waals surface area contributed by atoms with Gasteiger partial charge in [-0.2, -0.15) is 5.26 Å². The van der Waals surface area contributed by atoms with E-state index >= 15 is 0 Å². The highest BCUT2D eigenvalue weighted by Crippen LogP contribution is 2.26. The summed E-state index contributed by atoms with van der Waals surface area (Å²) in [5.74, 6) is -1.63. The molecule has 178 valence electrons. The van der Waals surface area contributed by atoms with Crippen molar-refractivity contribution < 1.29 is 24.9 Å². The number of nitriles is 1. The Morgan fingerprint density at radius 1 is 1.15 bits per heavy atom. The Morgan fingerprint density at radius 2 is 1.85 bits per heavy atom. The van der Waals surface area contributed by atoms with Crippen molar-refractivity contribution in [1.29, 1.82) is 5.26 Å². The predicted molar refractivity (Wildman–Crippen MR) is 129 cm³/mol. The number of nitrogens with zero attached hydrogens (tertiary/aromatic N) is 2. The maximum Gasteiger partial charge on any atom is 0.262 e. The first-order chi connectivity index (χ1) is 16.4. The summed E-state index contributed by atoms with van der Waals surface area (Å²) in [7, 11) is 0. The molecule has 0 radical (unpaired) electrons. The van der Waals surface area contributed by atoms with Crippen molar-refractivity contribution in [3.8, 4) is 6.07 Å². The zero-order chi connectivity index (χ0) is 24.2. The van der Waals surface area contributed by atoms with Crippen molar-refractivity contribution in [1.82, 2.24) is 5.32 Å². The second-order valence-corrected chi connectivity index (χ2v) is 8.75. The Bertz CT molecular complexity index is 1180. The molecule has 2 aromatic rings. The normalized spacial score (nSPS) is 23.6. The maximum atomic E-state index is 12.6. The third-order valence-corrected chi connectivity index (χ3v) is 6.37. The van der Waals surface area contributed by atoms with Crippen LogP contribution in [0, 0.1) is 11.3 Å². The van der Waals surface area contributed by atoms with Gasteiger partial charge in [0.25, 0.3) is 5.91 Å². The summed E-state index contributed by atoms with van der Waals surface area (Å²) in [5, 5.41) is 43.7. The molecule has 3 atom stereocenters. The molecule has 0 bridgehead atoms. The number of nitrogens with one attached hydrogen (secondary N) is 1. The van der Waals surface area contributed by atoms with E-state index in [1.807, 2.05) is 24.3 Å². The van der Waals surface area contributed by atoms with E-state index in [2.05, 4.69) is 28.4 Å². The van der Waals surface area contributed by atoms with Gasteiger partial charge < -0.3 is 30.3 Å². The SMILES string of the molecule is CC1O[C@H](CNC(=O)/C(C#N)=C/c2ccc3cc(N4CCCCC4)ccc3c2)[C@@H](O)C(O)=C1O. The zero-order valence-electron chi connectivity index (χ0n) is 19.1. The lowest BCUT2D eigenvalue weighted by Crippen LogP contribution is -2.47. The van der Waals surface area contributed by atoms with Gasteiger partial charge in [-0.1, -0.05) is 18.2 Å². The fourth-order valence-corrected chi connectivity index (χ4v) is 4.39. The summed E-state index contributed by atoms with van der Waals surface area (Å²) >= 11 is 0. The standard InChI is InChI=1S/C26H29N3O5/c1-16-23(30)25(32)24(31)22(34-16)15-28-26(33)20(14-27)12-17-5-6-19-13-21(8-7-18(19)11-17)29-9-3-2-4-10-29/h5-8,11-13,16,22,24,30-32H,2-4,9-10,15H2,1H3,(H,28,33)/b20-12+/t16?,22-,24-/m1/s1. The molecular weight excluding hydrogens is 434 g/mol. The summed E-state index contributed by atoms with van der Waals surface area (Å²) in [6.45, 7) is 3.53. The number of piperidine rings is 1. The smallest absolute Gasteiger partial charge is 0.262 e. The number of fused-ring (bicyclic) bond motifs is 1. The third kappa shape index (κ3) is 5.01. The molecule has 2 heterocycles. The van der Waals surface area contributed by atoms with E-state index in [-0.39, 0.29) is 12.1 Å². The number of ether oxygens (including phenoxy) is 1. The Kier molecular flexibility index (Phi) is 7.06. The molecule has 34 heavy (non-hydrogen) atoms. The van der Waals surface area contributed by atoms with Gasteiger partial charge in [0, 0.05) is 25.3 Å². The molecule has 8 heteroatoms. The zero-order valence-corrected chi connectivity index (χ0v) is 19.1. The van der Waals surface area contributed by atoms with Crippen LogP contribution in [0.1, 0.15) is 31.7 Å². The average molecular weight is 464 g/mol. The number of hydrogen-bond donors (Lipinski definition) is 4. The van der Waals surface area contributed by atoms with Crippen molar-refractivity contribution >= 4 is 28.4 Å². The number of aliphatic hydroxyl groups excluding tert-OH is 3. The van der Waals surface area contributed by atoms with Gasteiger partial charge in [0.15, 0.2) is 11.5 Å². The number of amides is 1. The van der Waals surface area contributed by atoms with Crippen molar-refractivity contribution in [3.05, 3.63) is 59.1 Å². The van der Waals surface area contributed by atoms with E-state index in [9.17, 15) is 25.4 Å². The van der Waals surface area contributed by atoms with Crippen LogP contribution in [0.25, 0.3) is 16.8 Å². The summed E-state index contributed by atoms with van der Waals surface area (Å²) in [6, 6.07) is 14.0. The van der Waals surface area contributed by atoms with E-state index in [0.29, 0.717) is 0 Å². The lowest BCUT2D eigenvalue weighted by molar-refractivity contribution is -0.120. The molecule has 4 N–H and O–H groups in total. The maximum absolute atomic E-state index is 12.6. The van der Waals surface area contributed by atoms with Gasteiger partial charge in [-0.3, -0.25) is 4.79 Å². The Hall–Kier alpha value is -3.54.